The number of sulfonamides is 1. The van der Waals surface area contributed by atoms with Crippen LogP contribution in [0.25, 0.3) is 0 Å². The number of nitrogens with one attached hydrogen (secondary N) is 1. The van der Waals surface area contributed by atoms with Gasteiger partial charge in [0.15, 0.2) is 4.60 Å². The summed E-state index contributed by atoms with van der Waals surface area (Å²) in [5.74, 6) is 0.894. The molecule has 1 aliphatic carbocycles. The second-order valence-electron chi connectivity index (χ2n) is 4.95. The smallest absolute Gasteiger partial charge is 0.235 e. The Labute approximate surface area is 115 Å². The van der Waals surface area contributed by atoms with Crippen LogP contribution < -0.4 is 4.72 Å². The van der Waals surface area contributed by atoms with Gasteiger partial charge in [0.05, 0.1) is 0 Å². The molecule has 3 atom stereocenters. The zero-order valence-corrected chi connectivity index (χ0v) is 13.0. The van der Waals surface area contributed by atoms with Gasteiger partial charge in [0.25, 0.3) is 10.0 Å². The van der Waals surface area contributed by atoms with Crippen LogP contribution in [0.4, 0.5) is 0 Å². The lowest BCUT2D eigenvalue weighted by Gasteiger charge is -2.19. The highest BCUT2D eigenvalue weighted by molar-refractivity contribution is 9.10. The van der Waals surface area contributed by atoms with Gasteiger partial charge in [-0.3, -0.25) is 0 Å². The molecule has 1 saturated carbocycles. The van der Waals surface area contributed by atoms with E-state index >= 15 is 0 Å². The van der Waals surface area contributed by atoms with Gasteiger partial charge in [0.1, 0.15) is 0 Å². The van der Waals surface area contributed by atoms with Gasteiger partial charge in [-0.2, -0.15) is 0 Å². The summed E-state index contributed by atoms with van der Waals surface area (Å²) in [6.45, 7) is 4.24. The Bertz CT molecular complexity index is 523. The predicted molar refractivity (Wildman–Crippen MR) is 70.4 cm³/mol. The fraction of sp³-hybridized carbons (Fsp3) is 0.800. The maximum atomic E-state index is 12.3. The topological polar surface area (TPSA) is 76.9 Å². The number of aryl methyl sites for hydroxylation is 1. The van der Waals surface area contributed by atoms with Gasteiger partial charge in [-0.1, -0.05) is 19.1 Å². The lowest BCUT2D eigenvalue weighted by atomic mass is 9.98. The van der Waals surface area contributed by atoms with Crippen molar-refractivity contribution in [2.24, 2.45) is 18.9 Å². The molecule has 0 spiro atoms. The fourth-order valence-corrected chi connectivity index (χ4v) is 4.85. The van der Waals surface area contributed by atoms with Gasteiger partial charge < -0.3 is 0 Å². The van der Waals surface area contributed by atoms with Crippen LogP contribution in [-0.2, 0) is 17.1 Å². The fourth-order valence-electron chi connectivity index (χ4n) is 2.39. The highest BCUT2D eigenvalue weighted by Gasteiger charge is 2.35. The molecule has 1 aromatic heterocycles. The highest BCUT2D eigenvalue weighted by Crippen LogP contribution is 2.32. The predicted octanol–water partition coefficient (Wildman–Crippen LogP) is 1.29. The van der Waals surface area contributed by atoms with E-state index in [-0.39, 0.29) is 15.7 Å². The van der Waals surface area contributed by atoms with E-state index in [9.17, 15) is 8.42 Å². The largest absolute Gasteiger partial charge is 0.260 e. The molecule has 2 rings (SSSR count). The minimum Gasteiger partial charge on any atom is -0.235 e. The molecule has 0 amide bonds. The van der Waals surface area contributed by atoms with Gasteiger partial charge in [-0.05, 0) is 40.6 Å². The molecule has 1 aliphatic rings. The van der Waals surface area contributed by atoms with Crippen molar-refractivity contribution >= 4 is 26.0 Å². The number of hydrogen-bond acceptors (Lipinski definition) is 4. The van der Waals surface area contributed by atoms with Gasteiger partial charge in [-0.25, -0.2) is 17.8 Å². The summed E-state index contributed by atoms with van der Waals surface area (Å²) >= 11 is 3.12. The first kappa shape index (κ1) is 14.0. The summed E-state index contributed by atoms with van der Waals surface area (Å²) in [7, 11) is -2.01. The molecule has 0 aliphatic heterocycles. The maximum absolute atomic E-state index is 12.3. The molecule has 18 heavy (non-hydrogen) atoms. The maximum Gasteiger partial charge on any atom is 0.260 e. The van der Waals surface area contributed by atoms with Crippen molar-refractivity contribution in [3.63, 3.8) is 0 Å². The first-order valence-corrected chi connectivity index (χ1v) is 8.18. The molecular formula is C10H17BrN4O2S. The van der Waals surface area contributed by atoms with Crippen molar-refractivity contribution < 1.29 is 8.42 Å². The SMILES string of the molecule is CC1CCC(NS(=O)(=O)c2c(Br)nnn2C)C1C. The Morgan fingerprint density at radius 1 is 1.39 bits per heavy atom. The normalized spacial score (nSPS) is 28.8. The van der Waals surface area contributed by atoms with Crippen LogP contribution in [0.2, 0.25) is 0 Å². The Hall–Kier alpha value is -0.470. The second-order valence-corrected chi connectivity index (χ2v) is 7.33. The van der Waals surface area contributed by atoms with Crippen molar-refractivity contribution in [2.45, 2.75) is 37.8 Å². The molecule has 1 fully saturated rings. The molecule has 0 bridgehead atoms. The summed E-state index contributed by atoms with van der Waals surface area (Å²) < 4.78 is 28.9. The highest BCUT2D eigenvalue weighted by atomic mass is 79.9. The van der Waals surface area contributed by atoms with E-state index in [2.05, 4.69) is 44.8 Å². The van der Waals surface area contributed by atoms with Gasteiger partial charge >= 0.3 is 0 Å². The molecule has 0 radical (unpaired) electrons. The average molecular weight is 337 g/mol. The van der Waals surface area contributed by atoms with Crippen LogP contribution in [0.1, 0.15) is 26.7 Å². The summed E-state index contributed by atoms with van der Waals surface area (Å²) in [6, 6.07) is -0.00759. The Balaban J connectivity index is 2.23. The first-order valence-electron chi connectivity index (χ1n) is 5.90. The second kappa shape index (κ2) is 4.90. The van der Waals surface area contributed by atoms with Crippen LogP contribution in [0.5, 0.6) is 0 Å². The minimum absolute atomic E-state index is 0.00759. The quantitative estimate of drug-likeness (QED) is 0.902. The molecule has 1 heterocycles. The molecule has 6 nitrogen and oxygen atoms in total. The molecule has 1 aromatic rings. The lowest BCUT2D eigenvalue weighted by molar-refractivity contribution is 0.401. The number of rotatable bonds is 3. The van der Waals surface area contributed by atoms with E-state index in [1.165, 1.54) is 4.68 Å². The standard InChI is InChI=1S/C10H17BrN4O2S/c1-6-4-5-8(7(6)2)13-18(16,17)10-9(11)12-14-15(10)3/h6-8,13H,4-5H2,1-3H3. The van der Waals surface area contributed by atoms with Crippen LogP contribution in [0.3, 0.4) is 0 Å². The molecule has 102 valence electrons. The monoisotopic (exact) mass is 336 g/mol. The van der Waals surface area contributed by atoms with Crippen LogP contribution >= 0.6 is 15.9 Å². The van der Waals surface area contributed by atoms with Crippen molar-refractivity contribution in [1.29, 1.82) is 0 Å². The zero-order chi connectivity index (χ0) is 13.5. The Kier molecular flexibility index (Phi) is 3.80. The van der Waals surface area contributed by atoms with Crippen LogP contribution in [0, 0.1) is 11.8 Å². The minimum atomic E-state index is -3.58. The van der Waals surface area contributed by atoms with E-state index in [0.717, 1.165) is 12.8 Å². The van der Waals surface area contributed by atoms with Crippen molar-refractivity contribution in [2.75, 3.05) is 0 Å². The zero-order valence-electron chi connectivity index (χ0n) is 10.6. The number of halogens is 1. The summed E-state index contributed by atoms with van der Waals surface area (Å²) in [5.41, 5.74) is 0. The third-order valence-corrected chi connectivity index (χ3v) is 6.14. The number of aromatic nitrogens is 3. The van der Waals surface area contributed by atoms with E-state index in [0.29, 0.717) is 11.8 Å². The van der Waals surface area contributed by atoms with Crippen molar-refractivity contribution in [3.05, 3.63) is 4.60 Å². The van der Waals surface area contributed by atoms with Crippen molar-refractivity contribution in [3.8, 4) is 0 Å². The van der Waals surface area contributed by atoms with Crippen molar-refractivity contribution in [1.82, 2.24) is 19.7 Å². The summed E-state index contributed by atoms with van der Waals surface area (Å²) in [6.07, 6.45) is 1.93. The molecule has 3 unspecified atom stereocenters. The molecule has 8 heteroatoms. The van der Waals surface area contributed by atoms with E-state index in [1.54, 1.807) is 7.05 Å². The number of nitrogens with zero attached hydrogens (tertiary/aromatic N) is 3. The van der Waals surface area contributed by atoms with Gasteiger partial charge in [-0.15, -0.1) is 5.10 Å². The van der Waals surface area contributed by atoms with Gasteiger partial charge in [0.2, 0.25) is 5.03 Å². The van der Waals surface area contributed by atoms with Crippen LogP contribution in [0.15, 0.2) is 9.63 Å². The first-order chi connectivity index (χ1) is 8.33. The Morgan fingerprint density at radius 2 is 2.06 bits per heavy atom. The van der Waals surface area contributed by atoms with E-state index in [1.807, 2.05) is 0 Å². The van der Waals surface area contributed by atoms with Crippen LogP contribution in [-0.4, -0.2) is 29.5 Å². The molecule has 1 N–H and O–H groups in total. The third kappa shape index (κ3) is 2.46. The average Bonchev–Trinajstić information content (AvgIpc) is 2.76. The summed E-state index contributed by atoms with van der Waals surface area (Å²) in [4.78, 5) is 0. The lowest BCUT2D eigenvalue weighted by Crippen LogP contribution is -2.38. The van der Waals surface area contributed by atoms with E-state index in [4.69, 9.17) is 0 Å². The molecule has 0 saturated heterocycles. The third-order valence-electron chi connectivity index (χ3n) is 3.76. The summed E-state index contributed by atoms with van der Waals surface area (Å²) in [5, 5.41) is 7.47. The van der Waals surface area contributed by atoms with E-state index < -0.39 is 10.0 Å². The van der Waals surface area contributed by atoms with Gasteiger partial charge in [0, 0.05) is 13.1 Å². The molecule has 0 aromatic carbocycles. The molecular weight excluding hydrogens is 320 g/mol. The number of hydrogen-bond donors (Lipinski definition) is 1. The Morgan fingerprint density at radius 3 is 2.50 bits per heavy atom.